The third kappa shape index (κ3) is 6.87. The first kappa shape index (κ1) is 16.7. The Kier molecular flexibility index (Phi) is 8.58. The molecule has 0 aromatic rings. The van der Waals surface area contributed by atoms with Crippen molar-refractivity contribution in [2.24, 2.45) is 5.41 Å². The average Bonchev–Trinajstić information content (AvgIpc) is 2.28. The molecule has 0 atom stereocenters. The van der Waals surface area contributed by atoms with Gasteiger partial charge in [-0.05, 0) is 18.9 Å². The van der Waals surface area contributed by atoms with Crippen molar-refractivity contribution in [3.8, 4) is 0 Å². The highest BCUT2D eigenvalue weighted by Gasteiger charge is 2.29. The summed E-state index contributed by atoms with van der Waals surface area (Å²) in [4.78, 5) is 10.1. The molecule has 0 fully saturated rings. The number of carbonyl (C=O) groups excluding carboxylic acids is 1. The molecule has 100 valence electrons. The highest BCUT2D eigenvalue weighted by molar-refractivity contribution is 6.26. The summed E-state index contributed by atoms with van der Waals surface area (Å²) in [5.74, 6) is -0.700. The second-order valence-electron chi connectivity index (χ2n) is 4.48. The molecule has 0 saturated carbocycles. The Morgan fingerprint density at radius 2 is 1.88 bits per heavy atom. The quantitative estimate of drug-likeness (QED) is 0.277. The van der Waals surface area contributed by atoms with E-state index in [1.54, 1.807) is 0 Å². The molecule has 0 aliphatic heterocycles. The molecule has 0 saturated heterocycles. The molecule has 6 heteroatoms. The van der Waals surface area contributed by atoms with Crippen LogP contribution in [0.1, 0.15) is 26.7 Å². The Hall–Kier alpha value is -0.306. The van der Waals surface area contributed by atoms with E-state index in [9.17, 15) is 9.18 Å². The van der Waals surface area contributed by atoms with E-state index < -0.39 is 25.4 Å². The van der Waals surface area contributed by atoms with Crippen LogP contribution in [0.3, 0.4) is 0 Å². The Morgan fingerprint density at radius 3 is 2.29 bits per heavy atom. The highest BCUT2D eigenvalue weighted by atomic mass is 28.2. The molecule has 17 heavy (non-hydrogen) atoms. The van der Waals surface area contributed by atoms with Crippen LogP contribution in [0.5, 0.6) is 0 Å². The van der Waals surface area contributed by atoms with E-state index in [1.165, 1.54) is 6.08 Å². The zero-order valence-corrected chi connectivity index (χ0v) is 14.0. The molecular weight excluding hydrogens is 255 g/mol. The van der Waals surface area contributed by atoms with E-state index >= 15 is 0 Å². The molecule has 3 nitrogen and oxygen atoms in total. The molecule has 0 heterocycles. The van der Waals surface area contributed by atoms with E-state index in [0.717, 1.165) is 6.42 Å². The lowest BCUT2D eigenvalue weighted by Crippen LogP contribution is -2.35. The summed E-state index contributed by atoms with van der Waals surface area (Å²) in [6.45, 7) is 8.24. The van der Waals surface area contributed by atoms with Gasteiger partial charge in [-0.2, -0.15) is 0 Å². The van der Waals surface area contributed by atoms with Gasteiger partial charge >= 0.3 is 0 Å². The summed E-state index contributed by atoms with van der Waals surface area (Å²) in [5, 5.41) is 0. The number of allylic oxidation sites excluding steroid dienone is 2. The van der Waals surface area contributed by atoms with Gasteiger partial charge in [0.15, 0.2) is 31.6 Å². The molecule has 0 amide bonds. The maximum Gasteiger partial charge on any atom is 0.178 e. The lowest BCUT2D eigenvalue weighted by Gasteiger charge is -2.34. The average molecular weight is 278 g/mol. The molecule has 0 bridgehead atoms. The van der Waals surface area contributed by atoms with Crippen LogP contribution in [-0.2, 0) is 13.6 Å². The largest absolute Gasteiger partial charge is 0.400 e. The Bertz CT molecular complexity index is 251. The van der Waals surface area contributed by atoms with Crippen molar-refractivity contribution >= 4 is 25.8 Å². The third-order valence-corrected chi connectivity index (χ3v) is 3.79. The standard InChI is InChI=1S/C11H23FO3Si2/c1-11(2,7-5-6-9(12)8-13)10(14-16-3)15-17-4/h6,8,10H,5,7,16-17H2,1-4H3. The van der Waals surface area contributed by atoms with E-state index in [-0.39, 0.29) is 18.0 Å². The summed E-state index contributed by atoms with van der Waals surface area (Å²) >= 11 is 0. The van der Waals surface area contributed by atoms with Crippen LogP contribution in [0.2, 0.25) is 13.1 Å². The molecule has 0 rings (SSSR count). The summed E-state index contributed by atoms with van der Waals surface area (Å²) in [6, 6.07) is 0. The van der Waals surface area contributed by atoms with Gasteiger partial charge in [0.05, 0.1) is 0 Å². The summed E-state index contributed by atoms with van der Waals surface area (Å²) in [7, 11) is -1.05. The molecular formula is C11H23FO3Si2. The SMILES string of the molecule is C[SiH2]OC(O[SiH2]C)C(C)(C)CCC=C(F)C=O. The molecule has 0 aliphatic rings. The number of halogens is 1. The first-order valence-corrected chi connectivity index (χ1v) is 10.00. The molecule has 0 aromatic carbocycles. The van der Waals surface area contributed by atoms with Crippen LogP contribution in [0.4, 0.5) is 4.39 Å². The van der Waals surface area contributed by atoms with Gasteiger partial charge in [0.25, 0.3) is 0 Å². The first-order valence-electron chi connectivity index (χ1n) is 6.02. The predicted octanol–water partition coefficient (Wildman–Crippen LogP) is 1.47. The van der Waals surface area contributed by atoms with Crippen LogP contribution in [0.15, 0.2) is 11.9 Å². The normalized spacial score (nSPS) is 16.2. The van der Waals surface area contributed by atoms with Crippen LogP contribution in [0, 0.1) is 5.41 Å². The number of aldehydes is 1. The van der Waals surface area contributed by atoms with E-state index in [0.29, 0.717) is 6.42 Å². The van der Waals surface area contributed by atoms with Crippen LogP contribution < -0.4 is 0 Å². The van der Waals surface area contributed by atoms with E-state index in [1.807, 2.05) is 0 Å². The second kappa shape index (κ2) is 8.74. The fourth-order valence-electron chi connectivity index (χ4n) is 1.55. The molecule has 0 radical (unpaired) electrons. The van der Waals surface area contributed by atoms with Crippen molar-refractivity contribution in [1.29, 1.82) is 0 Å². The summed E-state index contributed by atoms with van der Waals surface area (Å²) in [6.07, 6.45) is 2.64. The van der Waals surface area contributed by atoms with Crippen molar-refractivity contribution in [3.63, 3.8) is 0 Å². The zero-order chi connectivity index (χ0) is 13.3. The van der Waals surface area contributed by atoms with Gasteiger partial charge in [-0.3, -0.25) is 4.79 Å². The molecule has 0 aromatic heterocycles. The predicted molar refractivity (Wildman–Crippen MR) is 73.0 cm³/mol. The van der Waals surface area contributed by atoms with Crippen molar-refractivity contribution < 1.29 is 18.0 Å². The number of rotatable bonds is 9. The minimum Gasteiger partial charge on any atom is -0.400 e. The number of carbonyl (C=O) groups is 1. The molecule has 0 unspecified atom stereocenters. The van der Waals surface area contributed by atoms with Crippen molar-refractivity contribution in [2.75, 3.05) is 0 Å². The fraction of sp³-hybridized carbons (Fsp3) is 0.727. The van der Waals surface area contributed by atoms with Crippen LogP contribution in [-0.4, -0.2) is 32.1 Å². The maximum atomic E-state index is 12.6. The maximum absolute atomic E-state index is 12.6. The Balaban J connectivity index is 4.34. The number of hydrogen-bond donors (Lipinski definition) is 0. The van der Waals surface area contributed by atoms with Crippen molar-refractivity contribution in [1.82, 2.24) is 0 Å². The smallest absolute Gasteiger partial charge is 0.178 e. The van der Waals surface area contributed by atoms with Crippen LogP contribution in [0.25, 0.3) is 0 Å². The zero-order valence-electron chi connectivity index (χ0n) is 11.2. The van der Waals surface area contributed by atoms with Gasteiger partial charge in [0, 0.05) is 5.41 Å². The van der Waals surface area contributed by atoms with Gasteiger partial charge in [0.2, 0.25) is 0 Å². The van der Waals surface area contributed by atoms with Gasteiger partial charge < -0.3 is 8.85 Å². The topological polar surface area (TPSA) is 35.5 Å². The lowest BCUT2D eigenvalue weighted by atomic mass is 9.87. The third-order valence-electron chi connectivity index (χ3n) is 2.51. The minimum atomic E-state index is -0.700. The van der Waals surface area contributed by atoms with Crippen molar-refractivity contribution in [2.45, 2.75) is 46.1 Å². The molecule has 0 N–H and O–H groups in total. The number of hydrogen-bond acceptors (Lipinski definition) is 3. The van der Waals surface area contributed by atoms with Gasteiger partial charge in [-0.25, -0.2) is 4.39 Å². The Morgan fingerprint density at radius 1 is 1.35 bits per heavy atom. The Labute approximate surface area is 108 Å². The van der Waals surface area contributed by atoms with Gasteiger partial charge in [0.1, 0.15) is 6.29 Å². The van der Waals surface area contributed by atoms with Gasteiger partial charge in [-0.15, -0.1) is 0 Å². The summed E-state index contributed by atoms with van der Waals surface area (Å²) < 4.78 is 24.0. The molecule has 0 aliphatic carbocycles. The summed E-state index contributed by atoms with van der Waals surface area (Å²) in [5.41, 5.74) is -0.147. The van der Waals surface area contributed by atoms with E-state index in [2.05, 4.69) is 26.9 Å². The first-order chi connectivity index (χ1) is 7.97. The van der Waals surface area contributed by atoms with Gasteiger partial charge in [-0.1, -0.05) is 26.9 Å². The van der Waals surface area contributed by atoms with Crippen molar-refractivity contribution in [3.05, 3.63) is 11.9 Å². The van der Waals surface area contributed by atoms with Crippen LogP contribution >= 0.6 is 0 Å². The highest BCUT2D eigenvalue weighted by Crippen LogP contribution is 2.30. The lowest BCUT2D eigenvalue weighted by molar-refractivity contribution is -0.106. The fourth-order valence-corrected chi connectivity index (χ4v) is 3.44. The molecule has 0 spiro atoms. The monoisotopic (exact) mass is 278 g/mol. The second-order valence-corrected chi connectivity index (χ2v) is 6.30. The van der Waals surface area contributed by atoms with E-state index in [4.69, 9.17) is 8.85 Å². The minimum absolute atomic E-state index is 0.147.